The molecule has 1 saturated heterocycles. The second kappa shape index (κ2) is 5.47. The van der Waals surface area contributed by atoms with Crippen molar-refractivity contribution < 1.29 is 18.0 Å². The van der Waals surface area contributed by atoms with Gasteiger partial charge in [0.25, 0.3) is 0 Å². The lowest BCUT2D eigenvalue weighted by atomic mass is 9.85. The molecule has 1 saturated carbocycles. The number of carbonyl (C=O) groups excluding carboxylic acids is 1. The smallest absolute Gasteiger partial charge is 0.338 e. The van der Waals surface area contributed by atoms with Gasteiger partial charge >= 0.3 is 6.18 Å². The molecule has 0 aromatic rings. The highest BCUT2D eigenvalue weighted by Gasteiger charge is 2.38. The minimum absolute atomic E-state index is 0.186. The second-order valence-electron chi connectivity index (χ2n) is 5.21. The summed E-state index contributed by atoms with van der Waals surface area (Å²) in [6, 6.07) is 0.277. The van der Waals surface area contributed by atoms with Gasteiger partial charge in [-0.25, -0.2) is 0 Å². The van der Waals surface area contributed by atoms with Crippen LogP contribution >= 0.6 is 0 Å². The molecule has 18 heavy (non-hydrogen) atoms. The van der Waals surface area contributed by atoms with Crippen LogP contribution in [0.15, 0.2) is 0 Å². The number of hydrogen-bond acceptors (Lipinski definition) is 2. The molecule has 0 spiro atoms. The van der Waals surface area contributed by atoms with Gasteiger partial charge in [-0.1, -0.05) is 12.8 Å². The number of nitrogens with one attached hydrogen (secondary N) is 1. The molecule has 1 N–H and O–H groups in total. The number of likely N-dealkylation sites (tertiary alicyclic amines) is 1. The van der Waals surface area contributed by atoms with Crippen LogP contribution in [0.4, 0.5) is 13.2 Å². The lowest BCUT2D eigenvalue weighted by Crippen LogP contribution is -2.44. The monoisotopic (exact) mass is 264 g/mol. The molecule has 2 unspecified atom stereocenters. The van der Waals surface area contributed by atoms with Gasteiger partial charge in [0.1, 0.15) is 0 Å². The fourth-order valence-corrected chi connectivity index (χ4v) is 3.13. The summed E-state index contributed by atoms with van der Waals surface area (Å²) in [4.78, 5) is 13.7. The Kier molecular flexibility index (Phi) is 4.14. The molecule has 0 bridgehead atoms. The fraction of sp³-hybridized carbons (Fsp3) is 0.917. The first kappa shape index (κ1) is 13.6. The van der Waals surface area contributed by atoms with Crippen molar-refractivity contribution in [1.82, 2.24) is 10.2 Å². The quantitative estimate of drug-likeness (QED) is 0.844. The van der Waals surface area contributed by atoms with Crippen LogP contribution in [0.5, 0.6) is 0 Å². The van der Waals surface area contributed by atoms with Gasteiger partial charge in [-0.15, -0.1) is 0 Å². The number of fused-ring (bicyclic) bond motifs is 1. The molecule has 2 fully saturated rings. The summed E-state index contributed by atoms with van der Waals surface area (Å²) in [7, 11) is 0. The fourth-order valence-electron chi connectivity index (χ4n) is 3.13. The Morgan fingerprint density at radius 1 is 1.22 bits per heavy atom. The first-order valence-electron chi connectivity index (χ1n) is 6.54. The van der Waals surface area contributed by atoms with E-state index in [4.69, 9.17) is 0 Å². The second-order valence-corrected chi connectivity index (χ2v) is 5.21. The molecule has 2 aliphatic rings. The maximum Gasteiger partial charge on any atom is 0.401 e. The highest BCUT2D eigenvalue weighted by molar-refractivity contribution is 5.79. The first-order chi connectivity index (χ1) is 8.47. The zero-order valence-corrected chi connectivity index (χ0v) is 10.3. The summed E-state index contributed by atoms with van der Waals surface area (Å²) in [6.07, 6.45) is 1.27. The molecule has 1 aliphatic carbocycles. The third-order valence-corrected chi connectivity index (χ3v) is 3.93. The summed E-state index contributed by atoms with van der Waals surface area (Å²) in [6.45, 7) is -0.592. The standard InChI is InChI=1S/C12H19F3N2O/c13-12(14,15)8-16-7-11(18)17-6-5-9-3-1-2-4-10(9)17/h9-10,16H,1-8H2. The van der Waals surface area contributed by atoms with Crippen LogP contribution in [0.3, 0.4) is 0 Å². The number of hydrogen-bond donors (Lipinski definition) is 1. The average molecular weight is 264 g/mol. The minimum atomic E-state index is -4.25. The van der Waals surface area contributed by atoms with Gasteiger partial charge in [0.15, 0.2) is 0 Å². The van der Waals surface area contributed by atoms with Crippen molar-refractivity contribution in [1.29, 1.82) is 0 Å². The highest BCUT2D eigenvalue weighted by Crippen LogP contribution is 2.35. The molecule has 6 heteroatoms. The Morgan fingerprint density at radius 2 is 1.94 bits per heavy atom. The van der Waals surface area contributed by atoms with E-state index in [2.05, 4.69) is 5.32 Å². The van der Waals surface area contributed by atoms with E-state index in [0.717, 1.165) is 25.7 Å². The van der Waals surface area contributed by atoms with E-state index in [9.17, 15) is 18.0 Å². The van der Waals surface area contributed by atoms with E-state index in [1.807, 2.05) is 0 Å². The van der Waals surface area contributed by atoms with E-state index in [1.165, 1.54) is 6.42 Å². The van der Waals surface area contributed by atoms with Gasteiger partial charge in [-0.2, -0.15) is 13.2 Å². The summed E-state index contributed by atoms with van der Waals surface area (Å²) >= 11 is 0. The Balaban J connectivity index is 1.79. The largest absolute Gasteiger partial charge is 0.401 e. The maximum atomic E-state index is 12.0. The molecule has 1 heterocycles. The highest BCUT2D eigenvalue weighted by atomic mass is 19.4. The zero-order chi connectivity index (χ0) is 13.2. The predicted molar refractivity (Wildman–Crippen MR) is 61.0 cm³/mol. The van der Waals surface area contributed by atoms with E-state index in [0.29, 0.717) is 12.5 Å². The van der Waals surface area contributed by atoms with Gasteiger partial charge in [0.05, 0.1) is 13.1 Å². The molecular weight excluding hydrogens is 245 g/mol. The Labute approximate surface area is 105 Å². The predicted octanol–water partition coefficient (Wildman–Crippen LogP) is 1.93. The number of nitrogens with zero attached hydrogens (tertiary/aromatic N) is 1. The third-order valence-electron chi connectivity index (χ3n) is 3.93. The average Bonchev–Trinajstić information content (AvgIpc) is 2.70. The maximum absolute atomic E-state index is 12.0. The molecular formula is C12H19F3N2O. The van der Waals surface area contributed by atoms with Gasteiger partial charge in [-0.05, 0) is 25.2 Å². The zero-order valence-electron chi connectivity index (χ0n) is 10.3. The molecule has 0 aromatic heterocycles. The summed E-state index contributed by atoms with van der Waals surface area (Å²) in [5.74, 6) is 0.388. The van der Waals surface area contributed by atoms with Crippen LogP contribution in [0.25, 0.3) is 0 Å². The van der Waals surface area contributed by atoms with Crippen LogP contribution in [0.1, 0.15) is 32.1 Å². The molecule has 0 aromatic carbocycles. The van der Waals surface area contributed by atoms with Crippen molar-refractivity contribution in [3.05, 3.63) is 0 Å². The number of rotatable bonds is 3. The normalized spacial score (nSPS) is 28.3. The van der Waals surface area contributed by atoms with Crippen molar-refractivity contribution in [3.8, 4) is 0 Å². The van der Waals surface area contributed by atoms with E-state index in [-0.39, 0.29) is 18.5 Å². The van der Waals surface area contributed by atoms with Gasteiger partial charge in [0, 0.05) is 12.6 Å². The number of amides is 1. The summed E-state index contributed by atoms with van der Waals surface area (Å²) in [5, 5.41) is 2.18. The van der Waals surface area contributed by atoms with Crippen molar-refractivity contribution >= 4 is 5.91 Å². The third kappa shape index (κ3) is 3.37. The van der Waals surface area contributed by atoms with Crippen molar-refractivity contribution in [2.45, 2.75) is 44.3 Å². The number of halogens is 3. The van der Waals surface area contributed by atoms with Gasteiger partial charge < -0.3 is 10.2 Å². The first-order valence-corrected chi connectivity index (χ1v) is 6.54. The van der Waals surface area contributed by atoms with Crippen LogP contribution in [-0.4, -0.2) is 42.7 Å². The minimum Gasteiger partial charge on any atom is -0.338 e. The van der Waals surface area contributed by atoms with Gasteiger partial charge in [0.2, 0.25) is 5.91 Å². The molecule has 3 nitrogen and oxygen atoms in total. The van der Waals surface area contributed by atoms with E-state index >= 15 is 0 Å². The van der Waals surface area contributed by atoms with Crippen LogP contribution in [0.2, 0.25) is 0 Å². The lowest BCUT2D eigenvalue weighted by molar-refractivity contribution is -0.135. The molecule has 2 atom stereocenters. The lowest BCUT2D eigenvalue weighted by Gasteiger charge is -2.31. The molecule has 1 aliphatic heterocycles. The van der Waals surface area contributed by atoms with Crippen molar-refractivity contribution in [2.75, 3.05) is 19.6 Å². The molecule has 0 radical (unpaired) electrons. The molecule has 1 amide bonds. The van der Waals surface area contributed by atoms with E-state index < -0.39 is 12.7 Å². The Morgan fingerprint density at radius 3 is 2.67 bits per heavy atom. The summed E-state index contributed by atoms with van der Waals surface area (Å²) < 4.78 is 35.9. The molecule has 104 valence electrons. The Bertz CT molecular complexity index is 306. The van der Waals surface area contributed by atoms with Gasteiger partial charge in [-0.3, -0.25) is 4.79 Å². The Hall–Kier alpha value is -0.780. The summed E-state index contributed by atoms with van der Waals surface area (Å²) in [5.41, 5.74) is 0. The number of alkyl halides is 3. The molecule has 2 rings (SSSR count). The van der Waals surface area contributed by atoms with Crippen molar-refractivity contribution in [2.24, 2.45) is 5.92 Å². The van der Waals surface area contributed by atoms with Crippen LogP contribution in [0, 0.1) is 5.92 Å². The number of carbonyl (C=O) groups is 1. The van der Waals surface area contributed by atoms with E-state index in [1.54, 1.807) is 4.90 Å². The van der Waals surface area contributed by atoms with Crippen molar-refractivity contribution in [3.63, 3.8) is 0 Å². The van der Waals surface area contributed by atoms with Crippen LogP contribution in [-0.2, 0) is 4.79 Å². The topological polar surface area (TPSA) is 32.3 Å². The SMILES string of the molecule is O=C(CNCC(F)(F)F)N1CCC2CCCCC21. The van der Waals surface area contributed by atoms with Crippen LogP contribution < -0.4 is 5.32 Å².